The zero-order valence-electron chi connectivity index (χ0n) is 13.5. The van der Waals surface area contributed by atoms with Crippen molar-refractivity contribution in [2.75, 3.05) is 6.54 Å². The lowest BCUT2D eigenvalue weighted by Gasteiger charge is -2.26. The number of hydrogen-bond acceptors (Lipinski definition) is 2. The van der Waals surface area contributed by atoms with Crippen molar-refractivity contribution in [3.63, 3.8) is 0 Å². The second-order valence-corrected chi connectivity index (χ2v) is 8.62. The van der Waals surface area contributed by atoms with Crippen LogP contribution in [0.3, 0.4) is 0 Å². The molecular formula is C18H16ClFN2O2S. The van der Waals surface area contributed by atoms with Crippen LogP contribution in [0.2, 0.25) is 5.02 Å². The van der Waals surface area contributed by atoms with Crippen LogP contribution in [-0.2, 0) is 23.0 Å². The van der Waals surface area contributed by atoms with Gasteiger partial charge in [-0.05, 0) is 54.4 Å². The molecule has 0 aliphatic carbocycles. The average Bonchev–Trinajstić information content (AvgIpc) is 2.94. The normalized spacial score (nSPS) is 15.5. The number of nitrogens with one attached hydrogen (secondary N) is 1. The van der Waals surface area contributed by atoms with Crippen molar-refractivity contribution < 1.29 is 12.8 Å². The molecule has 4 rings (SSSR count). The summed E-state index contributed by atoms with van der Waals surface area (Å²) in [4.78, 5) is 3.49. The molecule has 25 heavy (non-hydrogen) atoms. The minimum atomic E-state index is -3.63. The monoisotopic (exact) mass is 378 g/mol. The summed E-state index contributed by atoms with van der Waals surface area (Å²) in [5.41, 5.74) is 3.36. The number of halogens is 2. The number of H-pyrrole nitrogens is 1. The van der Waals surface area contributed by atoms with E-state index < -0.39 is 10.0 Å². The summed E-state index contributed by atoms with van der Waals surface area (Å²) in [5.74, 6) is -0.331. The molecule has 3 aromatic rings. The van der Waals surface area contributed by atoms with Gasteiger partial charge in [-0.1, -0.05) is 11.6 Å². The van der Waals surface area contributed by atoms with E-state index in [-0.39, 0.29) is 17.3 Å². The van der Waals surface area contributed by atoms with Crippen LogP contribution in [0.4, 0.5) is 4.39 Å². The van der Waals surface area contributed by atoms with Gasteiger partial charge in [0.2, 0.25) is 10.0 Å². The summed E-state index contributed by atoms with van der Waals surface area (Å²) in [7, 11) is -3.63. The van der Waals surface area contributed by atoms with Gasteiger partial charge in [-0.15, -0.1) is 0 Å². The second-order valence-electron chi connectivity index (χ2n) is 6.27. The zero-order valence-corrected chi connectivity index (χ0v) is 15.1. The lowest BCUT2D eigenvalue weighted by atomic mass is 10.1. The van der Waals surface area contributed by atoms with Gasteiger partial charge in [0, 0.05) is 41.1 Å². The number of aromatic amines is 1. The van der Waals surface area contributed by atoms with E-state index in [0.717, 1.165) is 27.7 Å². The largest absolute Gasteiger partial charge is 0.358 e. The van der Waals surface area contributed by atoms with Gasteiger partial charge in [-0.2, -0.15) is 4.31 Å². The fourth-order valence-corrected chi connectivity index (χ4v) is 4.91. The number of nitrogens with zero attached hydrogens (tertiary/aromatic N) is 1. The number of aryl methyl sites for hydroxylation is 1. The minimum absolute atomic E-state index is 0.225. The maximum absolute atomic E-state index is 13.6. The van der Waals surface area contributed by atoms with Crippen molar-refractivity contribution in [3.8, 4) is 0 Å². The fraction of sp³-hybridized carbons (Fsp3) is 0.222. The van der Waals surface area contributed by atoms with Gasteiger partial charge in [-0.25, -0.2) is 12.8 Å². The Labute approximate surface area is 150 Å². The number of benzene rings is 2. The van der Waals surface area contributed by atoms with E-state index >= 15 is 0 Å². The van der Waals surface area contributed by atoms with Crippen molar-refractivity contribution in [2.24, 2.45) is 0 Å². The first-order chi connectivity index (χ1) is 11.9. The van der Waals surface area contributed by atoms with Gasteiger partial charge in [-0.3, -0.25) is 0 Å². The summed E-state index contributed by atoms with van der Waals surface area (Å²) in [6.07, 6.45) is 0.567. The van der Waals surface area contributed by atoms with Crippen LogP contribution in [0.25, 0.3) is 10.9 Å². The maximum atomic E-state index is 13.6. The molecule has 7 heteroatoms. The number of hydrogen-bond donors (Lipinski definition) is 1. The third kappa shape index (κ3) is 2.74. The summed E-state index contributed by atoms with van der Waals surface area (Å²) >= 11 is 6.00. The SMILES string of the molecule is Cc1cc(S(=O)(=O)N2CCc3[nH]c4ccc(F)cc4c3C2)ccc1Cl. The molecule has 1 N–H and O–H groups in total. The summed E-state index contributed by atoms with van der Waals surface area (Å²) in [6.45, 7) is 2.38. The van der Waals surface area contributed by atoms with Crippen LogP contribution in [-0.4, -0.2) is 24.3 Å². The Morgan fingerprint density at radius 3 is 2.76 bits per heavy atom. The van der Waals surface area contributed by atoms with Crippen LogP contribution in [0.1, 0.15) is 16.8 Å². The second kappa shape index (κ2) is 5.83. The maximum Gasteiger partial charge on any atom is 0.243 e. The summed E-state index contributed by atoms with van der Waals surface area (Å²) in [5, 5.41) is 1.27. The standard InChI is InChI=1S/C18H16ClFN2O2S/c1-11-8-13(3-4-16(11)19)25(23,24)22-7-6-18-15(10-22)14-9-12(20)2-5-17(14)21-18/h2-5,8-9,21H,6-7,10H2,1H3. The predicted octanol–water partition coefficient (Wildman–Crippen LogP) is 4.02. The van der Waals surface area contributed by atoms with Gasteiger partial charge in [0.15, 0.2) is 0 Å². The molecule has 0 bridgehead atoms. The number of rotatable bonds is 2. The predicted molar refractivity (Wildman–Crippen MR) is 95.7 cm³/mol. The molecule has 0 unspecified atom stereocenters. The van der Waals surface area contributed by atoms with E-state index in [1.165, 1.54) is 22.5 Å². The quantitative estimate of drug-likeness (QED) is 0.732. The first kappa shape index (κ1) is 16.6. The molecule has 0 atom stereocenters. The highest BCUT2D eigenvalue weighted by Gasteiger charge is 2.30. The van der Waals surface area contributed by atoms with Crippen molar-refractivity contribution >= 4 is 32.5 Å². The lowest BCUT2D eigenvalue weighted by Crippen LogP contribution is -2.35. The Morgan fingerprint density at radius 2 is 2.00 bits per heavy atom. The minimum Gasteiger partial charge on any atom is -0.358 e. The van der Waals surface area contributed by atoms with Gasteiger partial charge >= 0.3 is 0 Å². The number of fused-ring (bicyclic) bond motifs is 3. The smallest absolute Gasteiger partial charge is 0.243 e. The molecule has 1 aliphatic heterocycles. The Bertz CT molecular complexity index is 1090. The van der Waals surface area contributed by atoms with Crippen molar-refractivity contribution in [1.29, 1.82) is 0 Å². The molecule has 0 spiro atoms. The summed E-state index contributed by atoms with van der Waals surface area (Å²) < 4.78 is 41.0. The van der Waals surface area contributed by atoms with E-state index in [1.807, 2.05) is 0 Å². The van der Waals surface area contributed by atoms with Crippen LogP contribution in [0.5, 0.6) is 0 Å². The number of aromatic nitrogens is 1. The van der Waals surface area contributed by atoms with Crippen LogP contribution in [0.15, 0.2) is 41.3 Å². The van der Waals surface area contributed by atoms with E-state index in [4.69, 9.17) is 11.6 Å². The van der Waals surface area contributed by atoms with Crippen LogP contribution in [0, 0.1) is 12.7 Å². The molecule has 0 radical (unpaired) electrons. The molecule has 2 aromatic carbocycles. The highest BCUT2D eigenvalue weighted by molar-refractivity contribution is 7.89. The number of sulfonamides is 1. The van der Waals surface area contributed by atoms with E-state index in [1.54, 1.807) is 25.1 Å². The first-order valence-electron chi connectivity index (χ1n) is 7.91. The lowest BCUT2D eigenvalue weighted by molar-refractivity contribution is 0.391. The molecule has 4 nitrogen and oxygen atoms in total. The molecule has 2 heterocycles. The summed E-state index contributed by atoms with van der Waals surface area (Å²) in [6, 6.07) is 9.24. The van der Waals surface area contributed by atoms with Crippen molar-refractivity contribution in [1.82, 2.24) is 9.29 Å². The Hall–Kier alpha value is -1.89. The molecular weight excluding hydrogens is 363 g/mol. The molecule has 1 aliphatic rings. The third-order valence-electron chi connectivity index (χ3n) is 4.67. The average molecular weight is 379 g/mol. The van der Waals surface area contributed by atoms with Crippen molar-refractivity contribution in [3.05, 3.63) is 64.1 Å². The molecule has 0 saturated heterocycles. The van der Waals surface area contributed by atoms with Crippen molar-refractivity contribution in [2.45, 2.75) is 24.8 Å². The van der Waals surface area contributed by atoms with E-state index in [0.29, 0.717) is 18.0 Å². The van der Waals surface area contributed by atoms with Gasteiger partial charge in [0.05, 0.1) is 4.90 Å². The third-order valence-corrected chi connectivity index (χ3v) is 6.93. The molecule has 0 amide bonds. The molecule has 0 saturated carbocycles. The Kier molecular flexibility index (Phi) is 3.86. The molecule has 0 fully saturated rings. The Balaban J connectivity index is 1.75. The zero-order chi connectivity index (χ0) is 17.8. The molecule has 1 aromatic heterocycles. The van der Waals surface area contributed by atoms with E-state index in [9.17, 15) is 12.8 Å². The molecule has 130 valence electrons. The van der Waals surface area contributed by atoms with Crippen LogP contribution >= 0.6 is 11.6 Å². The first-order valence-corrected chi connectivity index (χ1v) is 9.73. The van der Waals surface area contributed by atoms with Gasteiger partial charge in [0.25, 0.3) is 0 Å². The highest BCUT2D eigenvalue weighted by Crippen LogP contribution is 2.31. The Morgan fingerprint density at radius 1 is 1.20 bits per heavy atom. The fourth-order valence-electron chi connectivity index (χ4n) is 3.29. The van der Waals surface area contributed by atoms with Gasteiger partial charge < -0.3 is 4.98 Å². The van der Waals surface area contributed by atoms with Gasteiger partial charge in [0.1, 0.15) is 5.82 Å². The van der Waals surface area contributed by atoms with Crippen LogP contribution < -0.4 is 0 Å². The van der Waals surface area contributed by atoms with E-state index in [2.05, 4.69) is 4.98 Å². The highest BCUT2D eigenvalue weighted by atomic mass is 35.5. The topological polar surface area (TPSA) is 53.2 Å².